The molecule has 1 unspecified atom stereocenters. The predicted octanol–water partition coefficient (Wildman–Crippen LogP) is 2.02. The average Bonchev–Trinajstić information content (AvgIpc) is 3.31. The van der Waals surface area contributed by atoms with Gasteiger partial charge in [0.2, 0.25) is 5.76 Å². The molecule has 0 saturated carbocycles. The van der Waals surface area contributed by atoms with Crippen LogP contribution in [0.4, 0.5) is 0 Å². The highest BCUT2D eigenvalue weighted by atomic mass is 16.6. The minimum Gasteiger partial charge on any atom is -0.497 e. The first-order chi connectivity index (χ1) is 11.0. The largest absolute Gasteiger partial charge is 0.497 e. The van der Waals surface area contributed by atoms with Crippen LogP contribution in [-0.4, -0.2) is 49.6 Å². The van der Waals surface area contributed by atoms with E-state index in [1.54, 1.807) is 6.92 Å². The van der Waals surface area contributed by atoms with Crippen molar-refractivity contribution < 1.29 is 33.6 Å². The first kappa shape index (κ1) is 19.0. The van der Waals surface area contributed by atoms with Crippen molar-refractivity contribution in [2.24, 2.45) is 0 Å². The van der Waals surface area contributed by atoms with Crippen LogP contribution in [0.2, 0.25) is 0 Å². The Hall–Kier alpha value is -2.02. The minimum absolute atomic E-state index is 0.187. The molecule has 0 radical (unpaired) electrons. The van der Waals surface area contributed by atoms with Crippen LogP contribution < -0.4 is 0 Å². The molecule has 7 heteroatoms. The third-order valence-corrected chi connectivity index (χ3v) is 2.97. The maximum atomic E-state index is 11.1. The van der Waals surface area contributed by atoms with Gasteiger partial charge in [0, 0.05) is 12.0 Å². The number of epoxide rings is 1. The summed E-state index contributed by atoms with van der Waals surface area (Å²) in [5.74, 6) is -1.86. The molecule has 0 aliphatic carbocycles. The van der Waals surface area contributed by atoms with Gasteiger partial charge in [-0.15, -0.1) is 0 Å². The van der Waals surface area contributed by atoms with Crippen LogP contribution in [0.5, 0.6) is 0 Å². The van der Waals surface area contributed by atoms with E-state index in [1.807, 2.05) is 0 Å². The third-order valence-electron chi connectivity index (χ3n) is 2.97. The molecule has 130 valence electrons. The zero-order chi connectivity index (χ0) is 17.1. The van der Waals surface area contributed by atoms with Crippen LogP contribution >= 0.6 is 0 Å². The van der Waals surface area contributed by atoms with Crippen molar-refractivity contribution in [3.8, 4) is 0 Å². The van der Waals surface area contributed by atoms with Crippen molar-refractivity contribution in [2.75, 3.05) is 26.4 Å². The van der Waals surface area contributed by atoms with Crippen LogP contribution in [0.1, 0.15) is 32.6 Å². The summed E-state index contributed by atoms with van der Waals surface area (Å²) in [6, 6.07) is 0. The van der Waals surface area contributed by atoms with Gasteiger partial charge in [0.15, 0.2) is 0 Å². The first-order valence-electron chi connectivity index (χ1n) is 7.62. The number of carboxylic acids is 1. The minimum atomic E-state index is -1.18. The highest BCUT2D eigenvalue weighted by Crippen LogP contribution is 2.16. The summed E-state index contributed by atoms with van der Waals surface area (Å²) in [4.78, 5) is 22.1. The molecular formula is C16H24O7. The lowest BCUT2D eigenvalue weighted by Crippen LogP contribution is -2.09. The Kier molecular flexibility index (Phi) is 8.82. The maximum Gasteiger partial charge on any atom is 0.374 e. The van der Waals surface area contributed by atoms with Crippen LogP contribution in [-0.2, 0) is 28.5 Å². The van der Waals surface area contributed by atoms with Gasteiger partial charge >= 0.3 is 11.9 Å². The van der Waals surface area contributed by atoms with Crippen LogP contribution in [0, 0.1) is 0 Å². The van der Waals surface area contributed by atoms with Crippen molar-refractivity contribution >= 4 is 11.9 Å². The Morgan fingerprint density at radius 2 is 1.91 bits per heavy atom. The van der Waals surface area contributed by atoms with Crippen molar-refractivity contribution in [3.05, 3.63) is 24.2 Å². The van der Waals surface area contributed by atoms with E-state index in [2.05, 4.69) is 6.58 Å². The van der Waals surface area contributed by atoms with Gasteiger partial charge < -0.3 is 24.1 Å². The SMILES string of the molecule is C=C(C)C(=O)OCCCOC=C(OCCCCC1CO1)C(=O)O. The monoisotopic (exact) mass is 328 g/mol. The fourth-order valence-electron chi connectivity index (χ4n) is 1.60. The van der Waals surface area contributed by atoms with Crippen molar-refractivity contribution in [2.45, 2.75) is 38.7 Å². The average molecular weight is 328 g/mol. The Labute approximate surface area is 135 Å². The van der Waals surface area contributed by atoms with Crippen molar-refractivity contribution in [1.29, 1.82) is 0 Å². The molecule has 0 spiro atoms. The van der Waals surface area contributed by atoms with Gasteiger partial charge in [-0.3, -0.25) is 0 Å². The molecule has 0 amide bonds. The second kappa shape index (κ2) is 10.7. The number of unbranched alkanes of at least 4 members (excludes halogenated alkanes) is 1. The number of carboxylic acid groups (broad SMARTS) is 1. The van der Waals surface area contributed by atoms with Crippen LogP contribution in [0.25, 0.3) is 0 Å². The van der Waals surface area contributed by atoms with E-state index in [1.165, 1.54) is 0 Å². The molecular weight excluding hydrogens is 304 g/mol. The first-order valence-corrected chi connectivity index (χ1v) is 7.62. The Balaban J connectivity index is 2.09. The number of hydrogen-bond acceptors (Lipinski definition) is 6. The molecule has 1 aliphatic heterocycles. The second-order valence-corrected chi connectivity index (χ2v) is 5.23. The lowest BCUT2D eigenvalue weighted by atomic mass is 10.2. The predicted molar refractivity (Wildman–Crippen MR) is 81.6 cm³/mol. The summed E-state index contributed by atoms with van der Waals surface area (Å²) in [5.41, 5.74) is 0.334. The zero-order valence-electron chi connectivity index (χ0n) is 13.4. The molecule has 1 atom stereocenters. The Morgan fingerprint density at radius 1 is 1.22 bits per heavy atom. The van der Waals surface area contributed by atoms with Crippen LogP contribution in [0.3, 0.4) is 0 Å². The number of ether oxygens (including phenoxy) is 4. The van der Waals surface area contributed by atoms with Crippen LogP contribution in [0.15, 0.2) is 24.2 Å². The number of esters is 1. The zero-order valence-corrected chi connectivity index (χ0v) is 13.4. The molecule has 1 heterocycles. The molecule has 1 N–H and O–H groups in total. The normalized spacial score (nSPS) is 16.6. The van der Waals surface area contributed by atoms with Gasteiger partial charge in [0.25, 0.3) is 0 Å². The summed E-state index contributed by atoms with van der Waals surface area (Å²) < 4.78 is 20.2. The molecule has 0 aromatic heterocycles. The molecule has 0 aromatic carbocycles. The summed E-state index contributed by atoms with van der Waals surface area (Å²) >= 11 is 0. The number of aliphatic carboxylic acids is 1. The Bertz CT molecular complexity index is 438. The fourth-order valence-corrected chi connectivity index (χ4v) is 1.60. The van der Waals surface area contributed by atoms with Gasteiger partial charge in [-0.1, -0.05) is 6.58 Å². The summed E-state index contributed by atoms with van der Waals surface area (Å²) in [6.07, 6.45) is 4.59. The molecule has 1 fully saturated rings. The summed E-state index contributed by atoms with van der Waals surface area (Å²) in [7, 11) is 0. The molecule has 23 heavy (non-hydrogen) atoms. The van der Waals surface area contributed by atoms with Gasteiger partial charge in [-0.25, -0.2) is 9.59 Å². The maximum absolute atomic E-state index is 11.1. The van der Waals surface area contributed by atoms with E-state index in [9.17, 15) is 9.59 Å². The van der Waals surface area contributed by atoms with Gasteiger partial charge in [-0.2, -0.15) is 0 Å². The number of carbonyl (C=O) groups excluding carboxylic acids is 1. The van der Waals surface area contributed by atoms with E-state index in [0.717, 1.165) is 32.1 Å². The van der Waals surface area contributed by atoms with E-state index >= 15 is 0 Å². The fraction of sp³-hybridized carbons (Fsp3) is 0.625. The molecule has 7 nitrogen and oxygen atoms in total. The lowest BCUT2D eigenvalue weighted by Gasteiger charge is -2.07. The standard InChI is InChI=1S/C16H24O7/c1-12(2)16(19)22-9-5-7-20-11-14(15(17)18)21-8-4-3-6-13-10-23-13/h11,13H,1,3-10H2,2H3,(H,17,18). The van der Waals surface area contributed by atoms with E-state index in [-0.39, 0.29) is 19.0 Å². The second-order valence-electron chi connectivity index (χ2n) is 5.23. The van der Waals surface area contributed by atoms with E-state index in [0.29, 0.717) is 24.7 Å². The number of hydrogen-bond donors (Lipinski definition) is 1. The molecule has 1 saturated heterocycles. The lowest BCUT2D eigenvalue weighted by molar-refractivity contribution is -0.139. The van der Waals surface area contributed by atoms with Gasteiger partial charge in [0.1, 0.15) is 6.26 Å². The van der Waals surface area contributed by atoms with Gasteiger partial charge in [-0.05, 0) is 26.2 Å². The van der Waals surface area contributed by atoms with Crippen molar-refractivity contribution in [1.82, 2.24) is 0 Å². The topological polar surface area (TPSA) is 94.6 Å². The molecule has 0 aromatic rings. The Morgan fingerprint density at radius 3 is 2.52 bits per heavy atom. The van der Waals surface area contributed by atoms with Gasteiger partial charge in [0.05, 0.1) is 32.5 Å². The third kappa shape index (κ3) is 9.57. The highest BCUT2D eigenvalue weighted by Gasteiger charge is 2.21. The number of rotatable bonds is 13. The van der Waals surface area contributed by atoms with Crippen molar-refractivity contribution in [3.63, 3.8) is 0 Å². The summed E-state index contributed by atoms with van der Waals surface area (Å²) in [6.45, 7) is 6.59. The smallest absolute Gasteiger partial charge is 0.374 e. The summed E-state index contributed by atoms with van der Waals surface area (Å²) in [5, 5.41) is 8.99. The molecule has 1 rings (SSSR count). The van der Waals surface area contributed by atoms with E-state index < -0.39 is 11.9 Å². The van der Waals surface area contributed by atoms with E-state index in [4.69, 9.17) is 24.1 Å². The molecule has 0 bridgehead atoms. The highest BCUT2D eigenvalue weighted by molar-refractivity contribution is 5.86. The molecule has 1 aliphatic rings. The quantitative estimate of drug-likeness (QED) is 0.182. The number of carbonyl (C=O) groups is 2.